The fourth-order valence-electron chi connectivity index (χ4n) is 3.62. The molecule has 3 rings (SSSR count). The lowest BCUT2D eigenvalue weighted by Gasteiger charge is -2.33. The van der Waals surface area contributed by atoms with Gasteiger partial charge in [0.2, 0.25) is 0 Å². The summed E-state index contributed by atoms with van der Waals surface area (Å²) >= 11 is 1.81. The van der Waals surface area contributed by atoms with E-state index in [1.807, 2.05) is 29.5 Å². The normalized spacial score (nSPS) is 14.7. The minimum Gasteiger partial charge on any atom is -0.363 e. The molecule has 2 N–H and O–H groups in total. The predicted molar refractivity (Wildman–Crippen MR) is 142 cm³/mol. The second-order valence-electron chi connectivity index (χ2n) is 7.77. The third-order valence-electron chi connectivity index (χ3n) is 5.25. The van der Waals surface area contributed by atoms with Gasteiger partial charge in [0.1, 0.15) is 0 Å². The molecule has 8 heteroatoms. The van der Waals surface area contributed by atoms with Crippen molar-refractivity contribution in [2.75, 3.05) is 45.2 Å². The van der Waals surface area contributed by atoms with Gasteiger partial charge in [-0.15, -0.1) is 35.3 Å². The number of rotatable bonds is 7. The first-order valence-electron chi connectivity index (χ1n) is 10.7. The van der Waals surface area contributed by atoms with E-state index in [1.165, 1.54) is 5.00 Å². The molecular formula is C23H34IN5OS. The van der Waals surface area contributed by atoms with Crippen molar-refractivity contribution in [1.29, 1.82) is 0 Å². The van der Waals surface area contributed by atoms with Crippen molar-refractivity contribution >= 4 is 52.2 Å². The fraction of sp³-hybridized carbons (Fsp3) is 0.478. The molecule has 1 aromatic heterocycles. The largest absolute Gasteiger partial charge is 0.363 e. The van der Waals surface area contributed by atoms with E-state index in [9.17, 15) is 4.79 Å². The van der Waals surface area contributed by atoms with Gasteiger partial charge in [0.25, 0.3) is 5.91 Å². The van der Waals surface area contributed by atoms with Crippen LogP contribution in [0.15, 0.2) is 46.8 Å². The fourth-order valence-corrected chi connectivity index (χ4v) is 4.41. The van der Waals surface area contributed by atoms with Gasteiger partial charge in [-0.1, -0.05) is 12.1 Å². The van der Waals surface area contributed by atoms with Gasteiger partial charge in [0.15, 0.2) is 5.96 Å². The van der Waals surface area contributed by atoms with E-state index in [0.29, 0.717) is 12.6 Å². The van der Waals surface area contributed by atoms with Gasteiger partial charge in [-0.3, -0.25) is 9.79 Å². The first-order valence-corrected chi connectivity index (χ1v) is 11.6. The molecule has 1 amide bonds. The van der Waals surface area contributed by atoms with Crippen LogP contribution in [0, 0.1) is 0 Å². The number of amides is 1. The van der Waals surface area contributed by atoms with Crippen molar-refractivity contribution in [3.05, 3.63) is 52.9 Å². The van der Waals surface area contributed by atoms with Gasteiger partial charge < -0.3 is 20.4 Å². The number of carbonyl (C=O) groups is 1. The zero-order valence-electron chi connectivity index (χ0n) is 18.6. The number of nitrogens with zero attached hydrogens (tertiary/aromatic N) is 3. The molecule has 6 nitrogen and oxygen atoms in total. The van der Waals surface area contributed by atoms with Crippen molar-refractivity contribution in [2.45, 2.75) is 32.2 Å². The molecule has 0 saturated carbocycles. The van der Waals surface area contributed by atoms with Crippen molar-refractivity contribution < 1.29 is 4.79 Å². The number of hydrogen-bond acceptors (Lipinski definition) is 4. The Hall–Kier alpha value is -1.81. The molecule has 0 spiro atoms. The summed E-state index contributed by atoms with van der Waals surface area (Å²) in [5.41, 5.74) is 1.86. The summed E-state index contributed by atoms with van der Waals surface area (Å²) in [6.07, 6.45) is 3.02. The zero-order chi connectivity index (χ0) is 21.3. The highest BCUT2D eigenvalue weighted by molar-refractivity contribution is 14.0. The molecule has 31 heavy (non-hydrogen) atoms. The molecule has 170 valence electrons. The Labute approximate surface area is 207 Å². The molecule has 1 fully saturated rings. The standard InChI is InChI=1S/C23H33N5OS.HI/c1-4-24-23(26-20-11-14-28(15-12-20)21-9-6-16-30-21)25-13-10-18-7-5-8-19(17-18)22(29)27(2)3;/h5-9,16-17,20H,4,10-15H2,1-3H3,(H2,24,25,26);1H. The average Bonchev–Trinajstić information content (AvgIpc) is 3.29. The topological polar surface area (TPSA) is 60.0 Å². The number of thiophene rings is 1. The van der Waals surface area contributed by atoms with Gasteiger partial charge in [0, 0.05) is 51.9 Å². The van der Waals surface area contributed by atoms with E-state index in [0.717, 1.165) is 56.0 Å². The number of carbonyl (C=O) groups excluding carboxylic acids is 1. The summed E-state index contributed by atoms with van der Waals surface area (Å²) in [5.74, 6) is 0.914. The highest BCUT2D eigenvalue weighted by Gasteiger charge is 2.20. The molecular weight excluding hydrogens is 521 g/mol. The van der Waals surface area contributed by atoms with Gasteiger partial charge in [-0.05, 0) is 61.4 Å². The molecule has 0 atom stereocenters. The first kappa shape index (κ1) is 25.5. The van der Waals surface area contributed by atoms with Crippen LogP contribution in [0.5, 0.6) is 0 Å². The molecule has 0 unspecified atom stereocenters. The average molecular weight is 556 g/mol. The van der Waals surface area contributed by atoms with E-state index in [4.69, 9.17) is 4.99 Å². The van der Waals surface area contributed by atoms with Gasteiger partial charge >= 0.3 is 0 Å². The Morgan fingerprint density at radius 1 is 1.23 bits per heavy atom. The maximum absolute atomic E-state index is 12.2. The lowest BCUT2D eigenvalue weighted by atomic mass is 10.1. The van der Waals surface area contributed by atoms with Crippen LogP contribution in [0.25, 0.3) is 0 Å². The predicted octanol–water partition coefficient (Wildman–Crippen LogP) is 3.83. The third kappa shape index (κ3) is 7.68. The summed E-state index contributed by atoms with van der Waals surface area (Å²) in [6.45, 7) is 5.76. The second kappa shape index (κ2) is 12.9. The van der Waals surface area contributed by atoms with Gasteiger partial charge in [-0.2, -0.15) is 0 Å². The Balaban J connectivity index is 0.00000341. The molecule has 2 aromatic rings. The Morgan fingerprint density at radius 3 is 2.65 bits per heavy atom. The summed E-state index contributed by atoms with van der Waals surface area (Å²) in [7, 11) is 3.55. The van der Waals surface area contributed by atoms with E-state index < -0.39 is 0 Å². The van der Waals surface area contributed by atoms with Crippen molar-refractivity contribution in [1.82, 2.24) is 15.5 Å². The molecule has 1 saturated heterocycles. The van der Waals surface area contributed by atoms with Crippen LogP contribution in [-0.2, 0) is 6.42 Å². The molecule has 1 aliphatic rings. The number of anilines is 1. The number of aliphatic imine (C=N–C) groups is 1. The summed E-state index contributed by atoms with van der Waals surface area (Å²) < 4.78 is 0. The van der Waals surface area contributed by atoms with Gasteiger partial charge in [-0.25, -0.2) is 0 Å². The third-order valence-corrected chi connectivity index (χ3v) is 6.18. The molecule has 0 bridgehead atoms. The number of benzene rings is 1. The maximum atomic E-state index is 12.2. The Kier molecular flexibility index (Phi) is 10.6. The summed E-state index contributed by atoms with van der Waals surface area (Å²) in [5, 5.41) is 10.5. The lowest BCUT2D eigenvalue weighted by Crippen LogP contribution is -2.48. The van der Waals surface area contributed by atoms with Crippen molar-refractivity contribution in [3.63, 3.8) is 0 Å². The molecule has 0 radical (unpaired) electrons. The van der Waals surface area contributed by atoms with Crippen LogP contribution < -0.4 is 15.5 Å². The van der Waals surface area contributed by atoms with E-state index in [1.54, 1.807) is 19.0 Å². The zero-order valence-corrected chi connectivity index (χ0v) is 21.8. The molecule has 1 aromatic carbocycles. The Morgan fingerprint density at radius 2 is 2.00 bits per heavy atom. The molecule has 1 aliphatic heterocycles. The van der Waals surface area contributed by atoms with Crippen LogP contribution in [0.2, 0.25) is 0 Å². The number of piperidine rings is 1. The minimum atomic E-state index is 0. The number of guanidine groups is 1. The SMILES string of the molecule is CCNC(=NCCc1cccc(C(=O)N(C)C)c1)NC1CCN(c2cccs2)CC1.I. The van der Waals surface area contributed by atoms with Crippen molar-refractivity contribution in [3.8, 4) is 0 Å². The number of halogens is 1. The second-order valence-corrected chi connectivity index (χ2v) is 8.69. The van der Waals surface area contributed by atoms with Crippen LogP contribution in [0.3, 0.4) is 0 Å². The molecule has 2 heterocycles. The van der Waals surface area contributed by atoms with E-state index in [-0.39, 0.29) is 29.9 Å². The van der Waals surface area contributed by atoms with E-state index >= 15 is 0 Å². The summed E-state index contributed by atoms with van der Waals surface area (Å²) in [4.78, 5) is 21.0. The van der Waals surface area contributed by atoms with Gasteiger partial charge in [0.05, 0.1) is 5.00 Å². The maximum Gasteiger partial charge on any atom is 0.253 e. The highest BCUT2D eigenvalue weighted by atomic mass is 127. The number of nitrogens with one attached hydrogen (secondary N) is 2. The monoisotopic (exact) mass is 555 g/mol. The first-order chi connectivity index (χ1) is 14.6. The van der Waals surface area contributed by atoms with Crippen LogP contribution in [0.1, 0.15) is 35.7 Å². The smallest absolute Gasteiger partial charge is 0.253 e. The Bertz CT molecular complexity index is 832. The molecule has 0 aliphatic carbocycles. The van der Waals surface area contributed by atoms with Crippen LogP contribution in [0.4, 0.5) is 5.00 Å². The number of hydrogen-bond donors (Lipinski definition) is 2. The van der Waals surface area contributed by atoms with E-state index in [2.05, 4.69) is 46.0 Å². The highest BCUT2D eigenvalue weighted by Crippen LogP contribution is 2.24. The van der Waals surface area contributed by atoms with Crippen LogP contribution >= 0.6 is 35.3 Å². The lowest BCUT2D eigenvalue weighted by molar-refractivity contribution is 0.0827. The van der Waals surface area contributed by atoms with Crippen LogP contribution in [-0.4, -0.2) is 63.1 Å². The summed E-state index contributed by atoms with van der Waals surface area (Å²) in [6, 6.07) is 12.6. The minimum absolute atomic E-state index is 0. The van der Waals surface area contributed by atoms with Crippen molar-refractivity contribution in [2.24, 2.45) is 4.99 Å². The quantitative estimate of drug-likeness (QED) is 0.310.